The number of fused-ring (bicyclic) bond motifs is 1. The molecule has 0 fully saturated rings. The van der Waals surface area contributed by atoms with Gasteiger partial charge < -0.3 is 19.7 Å². The van der Waals surface area contributed by atoms with Gasteiger partial charge in [0, 0.05) is 25.9 Å². The molecule has 1 aliphatic heterocycles. The Kier molecular flexibility index (Phi) is 5.47. The lowest BCUT2D eigenvalue weighted by Crippen LogP contribution is -2.56. The standard InChI is InChI=1S/C21H26N2O3/c1-4-26-17-12-10-16(11-13-17)21(2)22-19-9-6-5-8-18(19)20(24)23(21)14-7-15-25-3/h5-6,8-13,22H,4,7,14-15H2,1-3H3. The molecule has 1 N–H and O–H groups in total. The van der Waals surface area contributed by atoms with E-state index in [1.807, 2.05) is 67.3 Å². The molecule has 0 saturated heterocycles. The van der Waals surface area contributed by atoms with E-state index in [9.17, 15) is 4.79 Å². The van der Waals surface area contributed by atoms with Gasteiger partial charge in [-0.15, -0.1) is 0 Å². The predicted octanol–water partition coefficient (Wildman–Crippen LogP) is 3.86. The Bertz CT molecular complexity index is 760. The van der Waals surface area contributed by atoms with E-state index in [0.29, 0.717) is 25.3 Å². The van der Waals surface area contributed by atoms with Gasteiger partial charge in [-0.3, -0.25) is 4.79 Å². The zero-order chi connectivity index (χ0) is 18.6. The van der Waals surface area contributed by atoms with Crippen molar-refractivity contribution in [2.75, 3.05) is 32.2 Å². The van der Waals surface area contributed by atoms with Crippen LogP contribution in [0.15, 0.2) is 48.5 Å². The van der Waals surface area contributed by atoms with Gasteiger partial charge >= 0.3 is 0 Å². The van der Waals surface area contributed by atoms with Crippen LogP contribution in [0.2, 0.25) is 0 Å². The first-order chi connectivity index (χ1) is 12.6. The van der Waals surface area contributed by atoms with Gasteiger partial charge in [0.2, 0.25) is 0 Å². The van der Waals surface area contributed by atoms with Gasteiger partial charge in [0.15, 0.2) is 0 Å². The maximum atomic E-state index is 13.2. The summed E-state index contributed by atoms with van der Waals surface area (Å²) in [4.78, 5) is 15.1. The molecule has 1 amide bonds. The van der Waals surface area contributed by atoms with E-state index < -0.39 is 5.66 Å². The lowest BCUT2D eigenvalue weighted by atomic mass is 9.93. The minimum absolute atomic E-state index is 0.0341. The minimum atomic E-state index is -0.635. The Balaban J connectivity index is 1.98. The van der Waals surface area contributed by atoms with E-state index in [4.69, 9.17) is 9.47 Å². The van der Waals surface area contributed by atoms with Crippen molar-refractivity contribution in [1.82, 2.24) is 4.90 Å². The van der Waals surface area contributed by atoms with Gasteiger partial charge in [-0.2, -0.15) is 0 Å². The van der Waals surface area contributed by atoms with Crippen LogP contribution in [0.5, 0.6) is 5.75 Å². The largest absolute Gasteiger partial charge is 0.494 e. The summed E-state index contributed by atoms with van der Waals surface area (Å²) in [6, 6.07) is 15.6. The molecule has 0 spiro atoms. The van der Waals surface area contributed by atoms with Crippen molar-refractivity contribution in [3.8, 4) is 5.75 Å². The van der Waals surface area contributed by atoms with E-state index in [2.05, 4.69) is 5.32 Å². The number of ether oxygens (including phenoxy) is 2. The number of anilines is 1. The molecule has 0 radical (unpaired) electrons. The van der Waals surface area contributed by atoms with Crippen molar-refractivity contribution in [2.45, 2.75) is 25.9 Å². The number of nitrogens with zero attached hydrogens (tertiary/aromatic N) is 1. The summed E-state index contributed by atoms with van der Waals surface area (Å²) in [6.07, 6.45) is 0.776. The molecule has 1 heterocycles. The van der Waals surface area contributed by atoms with Gasteiger partial charge in [0.25, 0.3) is 5.91 Å². The number of carbonyl (C=O) groups excluding carboxylic acids is 1. The van der Waals surface area contributed by atoms with Gasteiger partial charge in [0.1, 0.15) is 11.4 Å². The second-order valence-electron chi connectivity index (χ2n) is 6.50. The Labute approximate surface area is 154 Å². The molecule has 0 aromatic heterocycles. The van der Waals surface area contributed by atoms with Gasteiger partial charge in [-0.05, 0) is 50.1 Å². The minimum Gasteiger partial charge on any atom is -0.494 e. The lowest BCUT2D eigenvalue weighted by Gasteiger charge is -2.47. The van der Waals surface area contributed by atoms with Crippen molar-refractivity contribution in [3.05, 3.63) is 59.7 Å². The zero-order valence-corrected chi connectivity index (χ0v) is 15.6. The van der Waals surface area contributed by atoms with Crippen LogP contribution in [0.1, 0.15) is 36.2 Å². The monoisotopic (exact) mass is 354 g/mol. The van der Waals surface area contributed by atoms with Crippen molar-refractivity contribution in [1.29, 1.82) is 0 Å². The summed E-state index contributed by atoms with van der Waals surface area (Å²) in [5.74, 6) is 0.861. The van der Waals surface area contributed by atoms with E-state index >= 15 is 0 Å². The Hall–Kier alpha value is -2.53. The maximum Gasteiger partial charge on any atom is 0.258 e. The average molecular weight is 354 g/mol. The Morgan fingerprint density at radius 1 is 1.12 bits per heavy atom. The molecular weight excluding hydrogens is 328 g/mol. The van der Waals surface area contributed by atoms with Crippen LogP contribution < -0.4 is 10.1 Å². The van der Waals surface area contributed by atoms with Crippen molar-refractivity contribution >= 4 is 11.6 Å². The van der Waals surface area contributed by atoms with Crippen molar-refractivity contribution in [3.63, 3.8) is 0 Å². The van der Waals surface area contributed by atoms with Crippen LogP contribution >= 0.6 is 0 Å². The van der Waals surface area contributed by atoms with Crippen LogP contribution in [-0.2, 0) is 10.4 Å². The van der Waals surface area contributed by atoms with Gasteiger partial charge in [0.05, 0.1) is 12.2 Å². The SMILES string of the molecule is CCOc1ccc(C2(C)Nc3ccccc3C(=O)N2CCCOC)cc1. The average Bonchev–Trinajstić information content (AvgIpc) is 2.65. The van der Waals surface area contributed by atoms with Crippen molar-refractivity contribution in [2.24, 2.45) is 0 Å². The first-order valence-corrected chi connectivity index (χ1v) is 9.01. The van der Waals surface area contributed by atoms with E-state index in [0.717, 1.165) is 23.4 Å². The molecule has 3 rings (SSSR count). The number of hydrogen-bond donors (Lipinski definition) is 1. The second kappa shape index (κ2) is 7.79. The van der Waals surface area contributed by atoms with Gasteiger partial charge in [-0.1, -0.05) is 24.3 Å². The number of carbonyl (C=O) groups is 1. The number of benzene rings is 2. The number of methoxy groups -OCH3 is 1. The molecule has 26 heavy (non-hydrogen) atoms. The summed E-state index contributed by atoms with van der Waals surface area (Å²) in [5, 5.41) is 3.57. The molecule has 0 aliphatic carbocycles. The molecule has 1 atom stereocenters. The van der Waals surface area contributed by atoms with E-state index in [-0.39, 0.29) is 5.91 Å². The highest BCUT2D eigenvalue weighted by molar-refractivity contribution is 6.02. The third-order valence-corrected chi connectivity index (χ3v) is 4.78. The van der Waals surface area contributed by atoms with Crippen LogP contribution in [0.4, 0.5) is 5.69 Å². The fraction of sp³-hybridized carbons (Fsp3) is 0.381. The quantitative estimate of drug-likeness (QED) is 0.767. The highest BCUT2D eigenvalue weighted by Gasteiger charge is 2.42. The molecule has 1 aliphatic rings. The summed E-state index contributed by atoms with van der Waals surface area (Å²) in [6.45, 7) is 5.86. The molecule has 5 heteroatoms. The van der Waals surface area contributed by atoms with Crippen LogP contribution in [-0.4, -0.2) is 37.7 Å². The molecule has 2 aromatic rings. The first kappa shape index (κ1) is 18.3. The summed E-state index contributed by atoms with van der Waals surface area (Å²) < 4.78 is 10.7. The number of amides is 1. The topological polar surface area (TPSA) is 50.8 Å². The number of para-hydroxylation sites is 1. The fourth-order valence-corrected chi connectivity index (χ4v) is 3.42. The normalized spacial score (nSPS) is 19.0. The highest BCUT2D eigenvalue weighted by Crippen LogP contribution is 2.38. The molecule has 0 saturated carbocycles. The van der Waals surface area contributed by atoms with Crippen LogP contribution in [0.25, 0.3) is 0 Å². The highest BCUT2D eigenvalue weighted by atomic mass is 16.5. The second-order valence-corrected chi connectivity index (χ2v) is 6.50. The lowest BCUT2D eigenvalue weighted by molar-refractivity contribution is 0.0504. The Morgan fingerprint density at radius 3 is 2.54 bits per heavy atom. The van der Waals surface area contributed by atoms with E-state index in [1.165, 1.54) is 0 Å². The zero-order valence-electron chi connectivity index (χ0n) is 15.6. The number of hydrogen-bond acceptors (Lipinski definition) is 4. The molecular formula is C21H26N2O3. The Morgan fingerprint density at radius 2 is 1.85 bits per heavy atom. The van der Waals surface area contributed by atoms with E-state index in [1.54, 1.807) is 7.11 Å². The molecule has 2 aromatic carbocycles. The van der Waals surface area contributed by atoms with Gasteiger partial charge in [-0.25, -0.2) is 0 Å². The molecule has 5 nitrogen and oxygen atoms in total. The van der Waals surface area contributed by atoms with Crippen LogP contribution in [0, 0.1) is 0 Å². The molecule has 0 bridgehead atoms. The van der Waals surface area contributed by atoms with Crippen molar-refractivity contribution < 1.29 is 14.3 Å². The fourth-order valence-electron chi connectivity index (χ4n) is 3.42. The third-order valence-electron chi connectivity index (χ3n) is 4.78. The summed E-state index contributed by atoms with van der Waals surface area (Å²) in [7, 11) is 1.68. The maximum absolute atomic E-state index is 13.2. The summed E-state index contributed by atoms with van der Waals surface area (Å²) in [5.41, 5.74) is 1.94. The molecule has 138 valence electrons. The first-order valence-electron chi connectivity index (χ1n) is 9.01. The third kappa shape index (κ3) is 3.40. The molecule has 1 unspecified atom stereocenters. The predicted molar refractivity (Wildman–Crippen MR) is 103 cm³/mol. The van der Waals surface area contributed by atoms with Crippen LogP contribution in [0.3, 0.4) is 0 Å². The summed E-state index contributed by atoms with van der Waals surface area (Å²) >= 11 is 0. The number of nitrogens with one attached hydrogen (secondary N) is 1. The number of rotatable bonds is 7. The smallest absolute Gasteiger partial charge is 0.258 e.